The number of nitrogens with zero attached hydrogens (tertiary/aromatic N) is 1. The van der Waals surface area contributed by atoms with Gasteiger partial charge in [0.2, 0.25) is 6.41 Å². The van der Waals surface area contributed by atoms with Gasteiger partial charge in [0.05, 0.1) is 0 Å². The van der Waals surface area contributed by atoms with Crippen LogP contribution in [0.15, 0.2) is 24.3 Å². The molecule has 2 heterocycles. The number of carbonyl (C=O) groups excluding carboxylic acids is 1. The molecule has 1 aliphatic heterocycles. The molecule has 2 aromatic rings. The Kier molecular flexibility index (Phi) is 7.34. The van der Waals surface area contributed by atoms with Gasteiger partial charge in [0.25, 0.3) is 0 Å². The Balaban J connectivity index is 0.000000431. The number of carbonyl (C=O) groups is 1. The van der Waals surface area contributed by atoms with Crippen LogP contribution in [0.3, 0.4) is 0 Å². The van der Waals surface area contributed by atoms with E-state index in [1.165, 1.54) is 34.5 Å². The number of likely N-dealkylation sites (tertiary alicyclic amines) is 1. The van der Waals surface area contributed by atoms with Crippen LogP contribution < -0.4 is 5.32 Å². The summed E-state index contributed by atoms with van der Waals surface area (Å²) in [5, 5.41) is 3.99. The number of amides is 1. The van der Waals surface area contributed by atoms with E-state index in [0.29, 0.717) is 11.8 Å². The minimum absolute atomic E-state index is 0.647. The Bertz CT molecular complexity index is 782. The monoisotopic (exact) mass is 400 g/mol. The molecule has 0 aliphatic carbocycles. The molecular formula is C17H25N2O5PS. The third kappa shape index (κ3) is 5.87. The molecule has 1 fully saturated rings. The van der Waals surface area contributed by atoms with Crippen molar-refractivity contribution in [2.24, 2.45) is 5.92 Å². The molecule has 1 aliphatic rings. The van der Waals surface area contributed by atoms with Crippen LogP contribution in [0.25, 0.3) is 10.1 Å². The number of fused-ring (bicyclic) bond motifs is 1. The maximum atomic E-state index is 10.7. The summed E-state index contributed by atoms with van der Waals surface area (Å²) in [7, 11) is -4.64. The van der Waals surface area contributed by atoms with Crippen molar-refractivity contribution in [3.05, 3.63) is 29.1 Å². The fourth-order valence-corrected chi connectivity index (χ4v) is 4.75. The first-order valence-corrected chi connectivity index (χ1v) is 10.8. The third-order valence-electron chi connectivity index (χ3n) is 4.60. The molecule has 4 N–H and O–H groups in total. The van der Waals surface area contributed by atoms with Gasteiger partial charge in [-0.05, 0) is 49.5 Å². The molecule has 9 heteroatoms. The van der Waals surface area contributed by atoms with E-state index in [4.69, 9.17) is 19.2 Å². The van der Waals surface area contributed by atoms with Gasteiger partial charge in [-0.2, -0.15) is 0 Å². The average Bonchev–Trinajstić information content (AvgIpc) is 2.98. The summed E-state index contributed by atoms with van der Waals surface area (Å²) in [4.78, 5) is 36.3. The molecule has 144 valence electrons. The number of thiophene rings is 1. The minimum atomic E-state index is -4.64. The van der Waals surface area contributed by atoms with Crippen molar-refractivity contribution in [1.82, 2.24) is 4.90 Å². The zero-order chi connectivity index (χ0) is 19.3. The van der Waals surface area contributed by atoms with Crippen molar-refractivity contribution in [1.29, 1.82) is 0 Å². The summed E-state index contributed by atoms with van der Waals surface area (Å²) in [6, 6.07) is 8.41. The van der Waals surface area contributed by atoms with Gasteiger partial charge in [-0.25, -0.2) is 4.57 Å². The predicted molar refractivity (Wildman–Crippen MR) is 104 cm³/mol. The zero-order valence-electron chi connectivity index (χ0n) is 14.8. The van der Waals surface area contributed by atoms with Crippen LogP contribution >= 0.6 is 19.2 Å². The molecule has 7 nitrogen and oxygen atoms in total. The van der Waals surface area contributed by atoms with Crippen LogP contribution in [-0.2, 0) is 9.36 Å². The lowest BCUT2D eigenvalue weighted by atomic mass is 9.85. The fourth-order valence-electron chi connectivity index (χ4n) is 3.39. The molecule has 1 aromatic heterocycles. The topological polar surface area (TPSA) is 110 Å². The molecular weight excluding hydrogens is 375 g/mol. The van der Waals surface area contributed by atoms with Crippen LogP contribution in [0.2, 0.25) is 0 Å². The molecule has 3 rings (SSSR count). The molecule has 2 atom stereocenters. The summed E-state index contributed by atoms with van der Waals surface area (Å²) >= 11 is 1.88. The highest BCUT2D eigenvalue weighted by atomic mass is 32.1. The first-order valence-electron chi connectivity index (χ1n) is 8.46. The van der Waals surface area contributed by atoms with Crippen LogP contribution in [0.1, 0.15) is 31.1 Å². The number of phosphoric acid groups is 1. The van der Waals surface area contributed by atoms with Crippen molar-refractivity contribution in [2.45, 2.75) is 26.2 Å². The molecule has 0 bridgehead atoms. The van der Waals surface area contributed by atoms with E-state index in [0.717, 1.165) is 18.6 Å². The maximum absolute atomic E-state index is 10.7. The summed E-state index contributed by atoms with van der Waals surface area (Å²) in [5.74, 6) is 1.34. The Morgan fingerprint density at radius 2 is 2.08 bits per heavy atom. The first kappa shape index (κ1) is 21.0. The van der Waals surface area contributed by atoms with Crippen LogP contribution in [0.4, 0.5) is 5.69 Å². The first-order chi connectivity index (χ1) is 12.2. The largest absolute Gasteiger partial charge is 0.466 e. The normalized spacial score (nSPS) is 21.1. The highest BCUT2D eigenvalue weighted by Crippen LogP contribution is 2.40. The van der Waals surface area contributed by atoms with Gasteiger partial charge >= 0.3 is 7.82 Å². The number of hydrogen-bond acceptors (Lipinski definition) is 4. The maximum Gasteiger partial charge on any atom is 0.466 e. The summed E-state index contributed by atoms with van der Waals surface area (Å²) < 4.78 is 10.1. The van der Waals surface area contributed by atoms with E-state index >= 15 is 0 Å². The Hall–Kier alpha value is -1.28. The fraction of sp³-hybridized carbons (Fsp3) is 0.471. The summed E-state index contributed by atoms with van der Waals surface area (Å²) in [5.41, 5.74) is 0.920. The number of rotatable bonds is 4. The van der Waals surface area contributed by atoms with E-state index in [1.807, 2.05) is 23.5 Å². The molecule has 26 heavy (non-hydrogen) atoms. The van der Waals surface area contributed by atoms with E-state index in [2.05, 4.69) is 36.2 Å². The minimum Gasteiger partial charge on any atom is -0.328 e. The molecule has 0 radical (unpaired) electrons. The molecule has 1 saturated heterocycles. The summed E-state index contributed by atoms with van der Waals surface area (Å²) in [6.07, 6.45) is 1.99. The highest BCUT2D eigenvalue weighted by Gasteiger charge is 2.28. The second-order valence-electron chi connectivity index (χ2n) is 6.41. The molecule has 1 aromatic carbocycles. The van der Waals surface area contributed by atoms with Gasteiger partial charge in [-0.15, -0.1) is 11.3 Å². The van der Waals surface area contributed by atoms with Crippen molar-refractivity contribution in [2.75, 3.05) is 25.0 Å². The smallest absolute Gasteiger partial charge is 0.328 e. The highest BCUT2D eigenvalue weighted by molar-refractivity contribution is 7.45. The number of piperidine rings is 1. The van der Waals surface area contributed by atoms with Gasteiger partial charge in [-0.1, -0.05) is 19.9 Å². The van der Waals surface area contributed by atoms with Crippen molar-refractivity contribution >= 4 is 41.3 Å². The van der Waals surface area contributed by atoms with Crippen molar-refractivity contribution < 1.29 is 24.0 Å². The van der Waals surface area contributed by atoms with Gasteiger partial charge in [0.15, 0.2) is 0 Å². The number of hydrogen-bond donors (Lipinski definition) is 4. The van der Waals surface area contributed by atoms with E-state index < -0.39 is 7.82 Å². The standard InChI is InChI=1S/C17H22N2OS.H3O4P/c1-3-19-8-7-13(12(2)10-19)17-9-14-15(18-11-20)5-4-6-16(14)21-17;1-5(2,3)4/h4-6,9,11-13H,3,7-8,10H2,1-2H3,(H,18,20);(H3,1,2,3,4). The van der Waals surface area contributed by atoms with E-state index in [-0.39, 0.29) is 0 Å². The lowest BCUT2D eigenvalue weighted by Crippen LogP contribution is -2.37. The van der Waals surface area contributed by atoms with Gasteiger partial charge in [-0.3, -0.25) is 4.79 Å². The quantitative estimate of drug-likeness (QED) is 0.464. The van der Waals surface area contributed by atoms with Gasteiger partial charge in [0, 0.05) is 27.2 Å². The van der Waals surface area contributed by atoms with E-state index in [9.17, 15) is 4.79 Å². The third-order valence-corrected chi connectivity index (χ3v) is 5.83. The van der Waals surface area contributed by atoms with Crippen LogP contribution in [-0.4, -0.2) is 45.6 Å². The average molecular weight is 400 g/mol. The Morgan fingerprint density at radius 3 is 2.65 bits per heavy atom. The van der Waals surface area contributed by atoms with Crippen molar-refractivity contribution in [3.8, 4) is 0 Å². The van der Waals surface area contributed by atoms with Crippen molar-refractivity contribution in [3.63, 3.8) is 0 Å². The summed E-state index contributed by atoms with van der Waals surface area (Å²) in [6.45, 7) is 8.14. The lowest BCUT2D eigenvalue weighted by Gasteiger charge is -2.35. The SMILES string of the molecule is CCN1CCC(c2cc3c(NC=O)cccc3s2)C(C)C1.O=P(O)(O)O. The van der Waals surface area contributed by atoms with Gasteiger partial charge in [0.1, 0.15) is 0 Å². The molecule has 2 unspecified atom stereocenters. The Labute approximate surface area is 156 Å². The Morgan fingerprint density at radius 1 is 1.38 bits per heavy atom. The van der Waals surface area contributed by atoms with Crippen LogP contribution in [0.5, 0.6) is 0 Å². The molecule has 0 saturated carbocycles. The van der Waals surface area contributed by atoms with E-state index in [1.54, 1.807) is 0 Å². The number of benzene rings is 1. The second-order valence-corrected chi connectivity index (χ2v) is 8.55. The lowest BCUT2D eigenvalue weighted by molar-refractivity contribution is -0.105. The number of nitrogens with one attached hydrogen (secondary N) is 1. The van der Waals surface area contributed by atoms with Gasteiger partial charge < -0.3 is 24.9 Å². The predicted octanol–water partition coefficient (Wildman–Crippen LogP) is 2.99. The number of anilines is 1. The van der Waals surface area contributed by atoms with Crippen LogP contribution in [0, 0.1) is 5.92 Å². The second kappa shape index (κ2) is 9.08. The molecule has 0 spiro atoms. The molecule has 1 amide bonds. The zero-order valence-corrected chi connectivity index (χ0v) is 16.5.